The Hall–Kier alpha value is -3.40. The maximum atomic E-state index is 12.0. The quantitative estimate of drug-likeness (QED) is 0.406. The van der Waals surface area contributed by atoms with Gasteiger partial charge in [0.05, 0.1) is 11.1 Å². The summed E-state index contributed by atoms with van der Waals surface area (Å²) in [6.45, 7) is 4.24. The summed E-state index contributed by atoms with van der Waals surface area (Å²) in [6, 6.07) is 18.1. The number of rotatable bonds is 9. The van der Waals surface area contributed by atoms with Gasteiger partial charge in [0, 0.05) is 0 Å². The van der Waals surface area contributed by atoms with Crippen LogP contribution in [0, 0.1) is 0 Å². The van der Waals surface area contributed by atoms with Gasteiger partial charge in [-0.3, -0.25) is 0 Å². The molecule has 0 spiro atoms. The van der Waals surface area contributed by atoms with Crippen LogP contribution in [0.15, 0.2) is 60.7 Å². The summed E-state index contributed by atoms with van der Waals surface area (Å²) in [7, 11) is 0. The monoisotopic (exact) mass is 416 g/mol. The number of aryl methyl sites for hydroxylation is 2. The predicted molar refractivity (Wildman–Crippen MR) is 124 cm³/mol. The molecule has 0 radical (unpaired) electrons. The topological polar surface area (TPSA) is 74.6 Å². The van der Waals surface area contributed by atoms with Crippen molar-refractivity contribution < 1.29 is 19.8 Å². The van der Waals surface area contributed by atoms with Crippen LogP contribution < -0.4 is 0 Å². The van der Waals surface area contributed by atoms with Crippen molar-refractivity contribution in [1.29, 1.82) is 0 Å². The minimum atomic E-state index is -0.996. The average Bonchev–Trinajstić information content (AvgIpc) is 2.77. The van der Waals surface area contributed by atoms with Crippen LogP contribution >= 0.6 is 0 Å². The molecule has 4 heteroatoms. The number of hydrogen-bond donors (Lipinski definition) is 2. The highest BCUT2D eigenvalue weighted by atomic mass is 16.4. The minimum Gasteiger partial charge on any atom is -0.478 e. The Morgan fingerprint density at radius 1 is 0.710 bits per heavy atom. The SMILES string of the molecule is CCCCc1cc(CCC)c(-c2ccccc2C(=O)O)c(-c2ccccc2C(=O)O)c1. The van der Waals surface area contributed by atoms with E-state index in [4.69, 9.17) is 0 Å². The molecule has 3 aromatic rings. The number of aromatic carboxylic acids is 2. The second-order valence-electron chi connectivity index (χ2n) is 7.73. The standard InChI is InChI=1S/C27H28O4/c1-3-5-11-18-16-19(10-4-2)25(21-13-7-9-15-23(21)27(30)31)24(17-18)20-12-6-8-14-22(20)26(28)29/h6-9,12-17H,3-5,10-11H2,1-2H3,(H,28,29)(H,30,31). The molecule has 0 saturated heterocycles. The van der Waals surface area contributed by atoms with Crippen molar-refractivity contribution in [3.8, 4) is 22.3 Å². The van der Waals surface area contributed by atoms with Gasteiger partial charge >= 0.3 is 11.9 Å². The van der Waals surface area contributed by atoms with Gasteiger partial charge in [-0.05, 0) is 64.8 Å². The molecule has 0 aliphatic carbocycles. The maximum Gasteiger partial charge on any atom is 0.336 e. The molecule has 160 valence electrons. The minimum absolute atomic E-state index is 0.214. The lowest BCUT2D eigenvalue weighted by Gasteiger charge is -2.20. The molecular formula is C27H28O4. The number of carboxylic acid groups (broad SMARTS) is 2. The van der Waals surface area contributed by atoms with E-state index in [1.165, 1.54) is 0 Å². The van der Waals surface area contributed by atoms with Gasteiger partial charge in [0.15, 0.2) is 0 Å². The molecule has 31 heavy (non-hydrogen) atoms. The van der Waals surface area contributed by atoms with Gasteiger partial charge in [-0.25, -0.2) is 9.59 Å². The molecule has 4 nitrogen and oxygen atoms in total. The van der Waals surface area contributed by atoms with E-state index in [1.807, 2.05) is 30.3 Å². The van der Waals surface area contributed by atoms with Crippen LogP contribution in [0.3, 0.4) is 0 Å². The largest absolute Gasteiger partial charge is 0.478 e. The van der Waals surface area contributed by atoms with E-state index in [0.29, 0.717) is 11.1 Å². The van der Waals surface area contributed by atoms with Gasteiger partial charge in [-0.15, -0.1) is 0 Å². The summed E-state index contributed by atoms with van der Waals surface area (Å²) >= 11 is 0. The molecule has 0 amide bonds. The number of carboxylic acids is 2. The Morgan fingerprint density at radius 3 is 1.87 bits per heavy atom. The second-order valence-corrected chi connectivity index (χ2v) is 7.73. The molecule has 0 unspecified atom stereocenters. The first kappa shape index (κ1) is 22.3. The van der Waals surface area contributed by atoms with Gasteiger partial charge in [-0.2, -0.15) is 0 Å². The van der Waals surface area contributed by atoms with Gasteiger partial charge < -0.3 is 10.2 Å². The zero-order valence-electron chi connectivity index (χ0n) is 18.0. The molecule has 0 bridgehead atoms. The lowest BCUT2D eigenvalue weighted by atomic mass is 9.83. The fraction of sp³-hybridized carbons (Fsp3) is 0.259. The third-order valence-corrected chi connectivity index (χ3v) is 5.49. The highest BCUT2D eigenvalue weighted by molar-refractivity contribution is 6.03. The Labute approximate surface area is 183 Å². The highest BCUT2D eigenvalue weighted by Crippen LogP contribution is 2.40. The zero-order valence-corrected chi connectivity index (χ0v) is 18.0. The zero-order chi connectivity index (χ0) is 22.4. The van der Waals surface area contributed by atoms with Crippen molar-refractivity contribution in [3.63, 3.8) is 0 Å². The number of hydrogen-bond acceptors (Lipinski definition) is 2. The third kappa shape index (κ3) is 4.85. The van der Waals surface area contributed by atoms with Gasteiger partial charge in [0.25, 0.3) is 0 Å². The molecular weight excluding hydrogens is 388 g/mol. The van der Waals surface area contributed by atoms with E-state index in [0.717, 1.165) is 54.4 Å². The summed E-state index contributed by atoms with van der Waals surface area (Å²) in [6.07, 6.45) is 4.69. The summed E-state index contributed by atoms with van der Waals surface area (Å²) < 4.78 is 0. The maximum absolute atomic E-state index is 12.0. The molecule has 0 fully saturated rings. The Kier molecular flexibility index (Phi) is 7.24. The lowest BCUT2D eigenvalue weighted by Crippen LogP contribution is -2.05. The van der Waals surface area contributed by atoms with Crippen molar-refractivity contribution in [2.24, 2.45) is 0 Å². The van der Waals surface area contributed by atoms with Crippen LogP contribution in [0.2, 0.25) is 0 Å². The van der Waals surface area contributed by atoms with E-state index in [1.54, 1.807) is 24.3 Å². The van der Waals surface area contributed by atoms with Crippen LogP contribution in [0.5, 0.6) is 0 Å². The van der Waals surface area contributed by atoms with Crippen molar-refractivity contribution in [2.45, 2.75) is 46.0 Å². The fourth-order valence-electron chi connectivity index (χ4n) is 4.08. The summed E-state index contributed by atoms with van der Waals surface area (Å²) in [5, 5.41) is 19.6. The van der Waals surface area contributed by atoms with E-state index in [2.05, 4.69) is 19.9 Å². The molecule has 0 aliphatic heterocycles. The molecule has 0 atom stereocenters. The molecule has 3 aromatic carbocycles. The Morgan fingerprint density at radius 2 is 1.29 bits per heavy atom. The molecule has 0 aliphatic rings. The second kappa shape index (κ2) is 10.1. The fourth-order valence-corrected chi connectivity index (χ4v) is 4.08. The predicted octanol–water partition coefficient (Wildman–Crippen LogP) is 6.71. The molecule has 0 heterocycles. The molecule has 2 N–H and O–H groups in total. The smallest absolute Gasteiger partial charge is 0.336 e. The van der Waals surface area contributed by atoms with Crippen molar-refractivity contribution >= 4 is 11.9 Å². The van der Waals surface area contributed by atoms with Crippen molar-refractivity contribution in [3.05, 3.63) is 82.9 Å². The van der Waals surface area contributed by atoms with Crippen LogP contribution in [0.4, 0.5) is 0 Å². The normalized spacial score (nSPS) is 10.8. The van der Waals surface area contributed by atoms with Crippen LogP contribution in [0.1, 0.15) is 65.0 Å². The van der Waals surface area contributed by atoms with E-state index in [9.17, 15) is 19.8 Å². The van der Waals surface area contributed by atoms with Crippen molar-refractivity contribution in [2.75, 3.05) is 0 Å². The van der Waals surface area contributed by atoms with E-state index < -0.39 is 11.9 Å². The molecule has 0 saturated carbocycles. The van der Waals surface area contributed by atoms with Gasteiger partial charge in [-0.1, -0.05) is 75.2 Å². The first-order chi connectivity index (χ1) is 15.0. The van der Waals surface area contributed by atoms with E-state index in [-0.39, 0.29) is 11.1 Å². The lowest BCUT2D eigenvalue weighted by molar-refractivity contribution is 0.0686. The highest BCUT2D eigenvalue weighted by Gasteiger charge is 2.22. The summed E-state index contributed by atoms with van der Waals surface area (Å²) in [5.74, 6) is -1.99. The summed E-state index contributed by atoms with van der Waals surface area (Å²) in [4.78, 5) is 24.0. The van der Waals surface area contributed by atoms with Gasteiger partial charge in [0.1, 0.15) is 0 Å². The number of unbranched alkanes of at least 4 members (excludes halogenated alkanes) is 1. The average molecular weight is 417 g/mol. The first-order valence-electron chi connectivity index (χ1n) is 10.8. The summed E-state index contributed by atoms with van der Waals surface area (Å²) in [5.41, 5.74) is 5.47. The van der Waals surface area contributed by atoms with Crippen LogP contribution in [-0.4, -0.2) is 22.2 Å². The number of benzene rings is 3. The van der Waals surface area contributed by atoms with E-state index >= 15 is 0 Å². The molecule has 0 aromatic heterocycles. The molecule has 3 rings (SSSR count). The first-order valence-corrected chi connectivity index (χ1v) is 10.8. The van der Waals surface area contributed by atoms with Crippen LogP contribution in [0.25, 0.3) is 22.3 Å². The van der Waals surface area contributed by atoms with Crippen LogP contribution in [-0.2, 0) is 12.8 Å². The van der Waals surface area contributed by atoms with Gasteiger partial charge in [0.2, 0.25) is 0 Å². The third-order valence-electron chi connectivity index (χ3n) is 5.49. The number of carbonyl (C=O) groups is 2. The van der Waals surface area contributed by atoms with Crippen molar-refractivity contribution in [1.82, 2.24) is 0 Å². The Bertz CT molecular complexity index is 1100. The Balaban J connectivity index is 2.41.